The van der Waals surface area contributed by atoms with Crippen molar-refractivity contribution in [3.63, 3.8) is 0 Å². The maximum absolute atomic E-state index is 14.0. The highest BCUT2D eigenvalue weighted by Gasteiger charge is 2.40. The second-order valence-electron chi connectivity index (χ2n) is 10.4. The van der Waals surface area contributed by atoms with Crippen molar-refractivity contribution in [3.8, 4) is 0 Å². The normalized spacial score (nSPS) is 20.7. The lowest BCUT2D eigenvalue weighted by molar-refractivity contribution is -0.134. The number of carboxylic acids is 1. The minimum Gasteiger partial charge on any atom is -0.478 e. The molecule has 1 saturated carbocycles. The molecule has 1 aliphatic carbocycles. The van der Waals surface area contributed by atoms with Crippen LogP contribution < -0.4 is 5.32 Å². The molecule has 3 aromatic carbocycles. The van der Waals surface area contributed by atoms with Gasteiger partial charge in [0, 0.05) is 43.3 Å². The average Bonchev–Trinajstić information content (AvgIpc) is 3.82. The molecule has 2 N–H and O–H groups in total. The third-order valence-electron chi connectivity index (χ3n) is 7.92. The SMILES string of the molecule is O=C(O)c1cccc2c1C(=O)C(c1cccc(C(=O)N3CCN(C(=O)C4CC4)CC3)c1)C(c1ccccc1)N2. The molecule has 2 unspecified atom stereocenters. The van der Waals surface area contributed by atoms with Crippen LogP contribution in [0.3, 0.4) is 0 Å². The maximum atomic E-state index is 14.0. The number of anilines is 1. The topological polar surface area (TPSA) is 107 Å². The Kier molecular flexibility index (Phi) is 6.38. The zero-order valence-electron chi connectivity index (χ0n) is 21.4. The summed E-state index contributed by atoms with van der Waals surface area (Å²) in [5, 5.41) is 13.2. The number of carbonyl (C=O) groups excluding carboxylic acids is 3. The number of Topliss-reactive ketones (excluding diaryl/α,β-unsaturated/α-hetero) is 1. The molecule has 198 valence electrons. The summed E-state index contributed by atoms with van der Waals surface area (Å²) in [4.78, 5) is 55.5. The number of carbonyl (C=O) groups is 4. The van der Waals surface area contributed by atoms with Gasteiger partial charge in [-0.1, -0.05) is 48.5 Å². The fourth-order valence-corrected chi connectivity index (χ4v) is 5.72. The third kappa shape index (κ3) is 4.67. The van der Waals surface area contributed by atoms with E-state index in [0.29, 0.717) is 43.0 Å². The van der Waals surface area contributed by atoms with Gasteiger partial charge in [-0.3, -0.25) is 14.4 Å². The fourth-order valence-electron chi connectivity index (χ4n) is 5.72. The Labute approximate surface area is 226 Å². The summed E-state index contributed by atoms with van der Waals surface area (Å²) in [7, 11) is 0. The molecule has 3 aliphatic rings. The molecule has 3 aromatic rings. The molecule has 2 aliphatic heterocycles. The first kappa shape index (κ1) is 24.9. The van der Waals surface area contributed by atoms with E-state index in [2.05, 4.69) is 5.32 Å². The highest BCUT2D eigenvalue weighted by atomic mass is 16.4. The lowest BCUT2D eigenvalue weighted by atomic mass is 9.77. The number of nitrogens with zero attached hydrogens (tertiary/aromatic N) is 2. The van der Waals surface area contributed by atoms with Gasteiger partial charge in [0.25, 0.3) is 5.91 Å². The van der Waals surface area contributed by atoms with E-state index in [9.17, 15) is 24.3 Å². The van der Waals surface area contributed by atoms with Gasteiger partial charge in [-0.25, -0.2) is 4.79 Å². The Balaban J connectivity index is 1.31. The first-order valence-corrected chi connectivity index (χ1v) is 13.3. The monoisotopic (exact) mass is 523 g/mol. The van der Waals surface area contributed by atoms with Crippen molar-refractivity contribution in [3.05, 3.63) is 101 Å². The Bertz CT molecular complexity index is 1460. The van der Waals surface area contributed by atoms with Crippen molar-refractivity contribution in [1.82, 2.24) is 9.80 Å². The lowest BCUT2D eigenvalue weighted by Crippen LogP contribution is -2.51. The van der Waals surface area contributed by atoms with Crippen LogP contribution in [0.4, 0.5) is 5.69 Å². The minimum atomic E-state index is -1.16. The van der Waals surface area contributed by atoms with Crippen LogP contribution in [0.25, 0.3) is 0 Å². The van der Waals surface area contributed by atoms with Gasteiger partial charge in [-0.2, -0.15) is 0 Å². The number of amides is 2. The summed E-state index contributed by atoms with van der Waals surface area (Å²) >= 11 is 0. The summed E-state index contributed by atoms with van der Waals surface area (Å²) < 4.78 is 0. The highest BCUT2D eigenvalue weighted by Crippen LogP contribution is 2.43. The number of ketones is 1. The molecule has 8 heteroatoms. The van der Waals surface area contributed by atoms with Crippen LogP contribution >= 0.6 is 0 Å². The third-order valence-corrected chi connectivity index (χ3v) is 7.92. The van der Waals surface area contributed by atoms with E-state index in [1.807, 2.05) is 41.3 Å². The predicted octanol–water partition coefficient (Wildman–Crippen LogP) is 4.21. The smallest absolute Gasteiger partial charge is 0.336 e. The van der Waals surface area contributed by atoms with Crippen molar-refractivity contribution in [1.29, 1.82) is 0 Å². The number of piperazine rings is 1. The van der Waals surface area contributed by atoms with Crippen molar-refractivity contribution in [2.45, 2.75) is 24.8 Å². The van der Waals surface area contributed by atoms with E-state index < -0.39 is 17.9 Å². The van der Waals surface area contributed by atoms with Crippen molar-refractivity contribution < 1.29 is 24.3 Å². The van der Waals surface area contributed by atoms with E-state index in [4.69, 9.17) is 0 Å². The molecular weight excluding hydrogens is 494 g/mol. The molecule has 2 fully saturated rings. The van der Waals surface area contributed by atoms with E-state index in [0.717, 1.165) is 18.4 Å². The van der Waals surface area contributed by atoms with Gasteiger partial charge in [0.15, 0.2) is 5.78 Å². The van der Waals surface area contributed by atoms with Gasteiger partial charge in [0.1, 0.15) is 0 Å². The Morgan fingerprint density at radius 3 is 2.15 bits per heavy atom. The minimum absolute atomic E-state index is 0.0487. The quantitative estimate of drug-likeness (QED) is 0.519. The van der Waals surface area contributed by atoms with Gasteiger partial charge in [0.05, 0.1) is 23.1 Å². The van der Waals surface area contributed by atoms with Gasteiger partial charge in [-0.15, -0.1) is 0 Å². The summed E-state index contributed by atoms with van der Waals surface area (Å²) in [5.74, 6) is -1.99. The van der Waals surface area contributed by atoms with Crippen LogP contribution in [0.1, 0.15) is 67.0 Å². The molecule has 0 radical (unpaired) electrons. The van der Waals surface area contributed by atoms with Crippen LogP contribution in [-0.4, -0.2) is 64.7 Å². The molecule has 1 saturated heterocycles. The largest absolute Gasteiger partial charge is 0.478 e. The molecule has 0 spiro atoms. The van der Waals surface area contributed by atoms with E-state index in [1.165, 1.54) is 6.07 Å². The van der Waals surface area contributed by atoms with E-state index >= 15 is 0 Å². The Hall–Kier alpha value is -4.46. The molecule has 2 atom stereocenters. The zero-order valence-corrected chi connectivity index (χ0v) is 21.4. The molecular formula is C31H29N3O5. The van der Waals surface area contributed by atoms with Gasteiger partial charge in [0.2, 0.25) is 5.91 Å². The Morgan fingerprint density at radius 2 is 1.46 bits per heavy atom. The molecule has 2 amide bonds. The van der Waals surface area contributed by atoms with Crippen LogP contribution in [0, 0.1) is 5.92 Å². The summed E-state index contributed by atoms with van der Waals surface area (Å²) in [5.41, 5.74) is 2.57. The molecule has 8 nitrogen and oxygen atoms in total. The average molecular weight is 524 g/mol. The predicted molar refractivity (Wildman–Crippen MR) is 145 cm³/mol. The number of hydrogen-bond acceptors (Lipinski definition) is 5. The standard InChI is InChI=1S/C31H29N3O5/c35-28-25(27(19-6-2-1-3-7-19)32-24-11-5-10-23(26(24)28)31(38)39)21-8-4-9-22(18-21)30(37)34-16-14-33(15-17-34)29(36)20-12-13-20/h1-11,18,20,25,27,32H,12-17H2,(H,38,39). The molecule has 39 heavy (non-hydrogen) atoms. The highest BCUT2D eigenvalue weighted by molar-refractivity contribution is 6.14. The van der Waals surface area contributed by atoms with E-state index in [-0.39, 0.29) is 34.6 Å². The van der Waals surface area contributed by atoms with Crippen LogP contribution in [-0.2, 0) is 4.79 Å². The molecule has 0 bridgehead atoms. The number of rotatable bonds is 5. The van der Waals surface area contributed by atoms with E-state index in [1.54, 1.807) is 35.2 Å². The number of aromatic carboxylic acids is 1. The molecule has 0 aromatic heterocycles. The number of nitrogens with one attached hydrogen (secondary N) is 1. The number of benzene rings is 3. The van der Waals surface area contributed by atoms with Gasteiger partial charge < -0.3 is 20.2 Å². The van der Waals surface area contributed by atoms with Crippen LogP contribution in [0.15, 0.2) is 72.8 Å². The zero-order chi connectivity index (χ0) is 27.1. The Morgan fingerprint density at radius 1 is 0.795 bits per heavy atom. The molecule has 2 heterocycles. The van der Waals surface area contributed by atoms with Gasteiger partial charge in [-0.05, 0) is 48.2 Å². The number of fused-ring (bicyclic) bond motifs is 1. The number of hydrogen-bond donors (Lipinski definition) is 2. The summed E-state index contributed by atoms with van der Waals surface area (Å²) in [6, 6.07) is 21.0. The van der Waals surface area contributed by atoms with Crippen molar-refractivity contribution in [2.75, 3.05) is 31.5 Å². The molecule has 6 rings (SSSR count). The first-order chi connectivity index (χ1) is 18.9. The fraction of sp³-hybridized carbons (Fsp3) is 0.290. The summed E-state index contributed by atoms with van der Waals surface area (Å²) in [6.07, 6.45) is 1.92. The van der Waals surface area contributed by atoms with Crippen molar-refractivity contribution >= 4 is 29.3 Å². The van der Waals surface area contributed by atoms with Crippen LogP contribution in [0.2, 0.25) is 0 Å². The lowest BCUT2D eigenvalue weighted by Gasteiger charge is -2.36. The van der Waals surface area contributed by atoms with Crippen LogP contribution in [0.5, 0.6) is 0 Å². The number of carboxylic acid groups (broad SMARTS) is 1. The first-order valence-electron chi connectivity index (χ1n) is 13.3. The van der Waals surface area contributed by atoms with Gasteiger partial charge >= 0.3 is 5.97 Å². The maximum Gasteiger partial charge on any atom is 0.336 e. The second kappa shape index (κ2) is 10.0. The summed E-state index contributed by atoms with van der Waals surface area (Å²) in [6.45, 7) is 1.98. The van der Waals surface area contributed by atoms with Crippen molar-refractivity contribution in [2.24, 2.45) is 5.92 Å². The second-order valence-corrected chi connectivity index (χ2v) is 10.4.